The van der Waals surface area contributed by atoms with Crippen molar-refractivity contribution >= 4 is 5.97 Å². The van der Waals surface area contributed by atoms with Crippen LogP contribution in [0.25, 0.3) is 0 Å². The molecule has 3 nitrogen and oxygen atoms in total. The Morgan fingerprint density at radius 3 is 2.38 bits per heavy atom. The largest absolute Gasteiger partial charge is 0.462 e. The highest BCUT2D eigenvalue weighted by molar-refractivity contribution is 5.73. The van der Waals surface area contributed by atoms with Crippen LogP contribution in [-0.2, 0) is 9.53 Å². The predicted octanol–water partition coefficient (Wildman–Crippen LogP) is 4.00. The zero-order chi connectivity index (χ0) is 16.2. The van der Waals surface area contributed by atoms with Crippen LogP contribution in [0.4, 0.5) is 0 Å². The molecule has 0 aromatic carbocycles. The van der Waals surface area contributed by atoms with E-state index < -0.39 is 0 Å². The molecule has 0 saturated heterocycles. The Balaban J connectivity index is 2.68. The number of esters is 1. The molecule has 4 unspecified atom stereocenters. The summed E-state index contributed by atoms with van der Waals surface area (Å²) in [4.78, 5) is 12.5. The van der Waals surface area contributed by atoms with E-state index in [1.807, 2.05) is 0 Å². The second kappa shape index (κ2) is 7.62. The van der Waals surface area contributed by atoms with Crippen LogP contribution in [0.3, 0.4) is 0 Å². The van der Waals surface area contributed by atoms with Crippen LogP contribution in [0.1, 0.15) is 67.2 Å². The number of hydrogen-bond donors (Lipinski definition) is 1. The SMILES string of the molecule is CC1CCC(C(C)C)C(OC(=O)C(CN)CC(C)(C)C)C1. The van der Waals surface area contributed by atoms with Gasteiger partial charge < -0.3 is 10.5 Å². The van der Waals surface area contributed by atoms with Crippen molar-refractivity contribution in [3.8, 4) is 0 Å². The molecular formula is C18H35NO2. The van der Waals surface area contributed by atoms with Crippen molar-refractivity contribution < 1.29 is 9.53 Å². The third kappa shape index (κ3) is 5.98. The zero-order valence-corrected chi connectivity index (χ0v) is 14.8. The van der Waals surface area contributed by atoms with Gasteiger partial charge in [-0.3, -0.25) is 4.79 Å². The maximum Gasteiger partial charge on any atom is 0.310 e. The van der Waals surface area contributed by atoms with Crippen LogP contribution in [-0.4, -0.2) is 18.6 Å². The topological polar surface area (TPSA) is 52.3 Å². The molecular weight excluding hydrogens is 262 g/mol. The number of nitrogens with two attached hydrogens (primary N) is 1. The molecule has 0 aromatic heterocycles. The fourth-order valence-corrected chi connectivity index (χ4v) is 3.50. The van der Waals surface area contributed by atoms with Crippen LogP contribution >= 0.6 is 0 Å². The first-order chi connectivity index (χ1) is 9.64. The van der Waals surface area contributed by atoms with Gasteiger partial charge in [0.2, 0.25) is 0 Å². The van der Waals surface area contributed by atoms with Crippen LogP contribution in [0, 0.1) is 29.1 Å². The standard InChI is InChI=1S/C18H35NO2/c1-12(2)15-8-7-13(3)9-16(15)21-17(20)14(11-19)10-18(4,5)6/h12-16H,7-11,19H2,1-6H3. The highest BCUT2D eigenvalue weighted by Gasteiger charge is 2.35. The third-order valence-electron chi connectivity index (χ3n) is 4.71. The van der Waals surface area contributed by atoms with Gasteiger partial charge in [0.25, 0.3) is 0 Å². The van der Waals surface area contributed by atoms with Crippen LogP contribution < -0.4 is 5.73 Å². The van der Waals surface area contributed by atoms with E-state index in [1.54, 1.807) is 0 Å². The molecule has 0 spiro atoms. The Morgan fingerprint density at radius 1 is 1.29 bits per heavy atom. The second-order valence-electron chi connectivity index (χ2n) is 8.50. The molecule has 3 heteroatoms. The lowest BCUT2D eigenvalue weighted by Gasteiger charge is -2.37. The van der Waals surface area contributed by atoms with Crippen molar-refractivity contribution in [1.82, 2.24) is 0 Å². The molecule has 21 heavy (non-hydrogen) atoms. The molecule has 1 fully saturated rings. The smallest absolute Gasteiger partial charge is 0.310 e. The maximum absolute atomic E-state index is 12.5. The first-order valence-corrected chi connectivity index (χ1v) is 8.54. The molecule has 1 aliphatic rings. The molecule has 0 amide bonds. The Labute approximate surface area is 131 Å². The maximum atomic E-state index is 12.5. The summed E-state index contributed by atoms with van der Waals surface area (Å²) in [7, 11) is 0. The van der Waals surface area contributed by atoms with Crippen LogP contribution in [0.2, 0.25) is 0 Å². The van der Waals surface area contributed by atoms with Crippen molar-refractivity contribution in [2.75, 3.05) is 6.54 Å². The second-order valence-corrected chi connectivity index (χ2v) is 8.50. The molecule has 1 aliphatic carbocycles. The Kier molecular flexibility index (Phi) is 6.71. The summed E-state index contributed by atoms with van der Waals surface area (Å²) in [5.41, 5.74) is 5.90. The molecule has 0 bridgehead atoms. The van der Waals surface area contributed by atoms with Gasteiger partial charge in [0.15, 0.2) is 0 Å². The number of carbonyl (C=O) groups excluding carboxylic acids is 1. The minimum Gasteiger partial charge on any atom is -0.462 e. The summed E-state index contributed by atoms with van der Waals surface area (Å²) in [5, 5.41) is 0. The Bertz CT molecular complexity index is 333. The average Bonchev–Trinajstić information content (AvgIpc) is 2.34. The lowest BCUT2D eigenvalue weighted by molar-refractivity contribution is -0.161. The normalized spacial score (nSPS) is 28.5. The molecule has 4 atom stereocenters. The van der Waals surface area contributed by atoms with Crippen molar-refractivity contribution in [1.29, 1.82) is 0 Å². The number of carbonyl (C=O) groups is 1. The Morgan fingerprint density at radius 2 is 1.90 bits per heavy atom. The van der Waals surface area contributed by atoms with Gasteiger partial charge in [-0.25, -0.2) is 0 Å². The van der Waals surface area contributed by atoms with E-state index in [9.17, 15) is 4.79 Å². The summed E-state index contributed by atoms with van der Waals surface area (Å²) in [5.74, 6) is 1.46. The molecule has 0 aromatic rings. The number of rotatable bonds is 5. The first-order valence-electron chi connectivity index (χ1n) is 8.54. The van der Waals surface area contributed by atoms with Gasteiger partial charge in [0, 0.05) is 6.54 Å². The first kappa shape index (κ1) is 18.5. The van der Waals surface area contributed by atoms with Gasteiger partial charge in [-0.05, 0) is 42.4 Å². The summed E-state index contributed by atoms with van der Waals surface area (Å²) >= 11 is 0. The van der Waals surface area contributed by atoms with E-state index in [-0.39, 0.29) is 23.4 Å². The molecule has 0 radical (unpaired) electrons. The average molecular weight is 297 g/mol. The minimum absolute atomic E-state index is 0.0790. The van der Waals surface area contributed by atoms with E-state index >= 15 is 0 Å². The minimum atomic E-state index is -0.171. The quantitative estimate of drug-likeness (QED) is 0.780. The van der Waals surface area contributed by atoms with Crippen molar-refractivity contribution in [2.45, 2.75) is 73.3 Å². The van der Waals surface area contributed by atoms with Crippen molar-refractivity contribution in [3.05, 3.63) is 0 Å². The van der Waals surface area contributed by atoms with Crippen molar-refractivity contribution in [3.63, 3.8) is 0 Å². The van der Waals surface area contributed by atoms with E-state index in [0.29, 0.717) is 24.3 Å². The summed E-state index contributed by atoms with van der Waals surface area (Å²) in [6.45, 7) is 13.5. The predicted molar refractivity (Wildman–Crippen MR) is 87.8 cm³/mol. The fourth-order valence-electron chi connectivity index (χ4n) is 3.50. The highest BCUT2D eigenvalue weighted by Crippen LogP contribution is 2.36. The summed E-state index contributed by atoms with van der Waals surface area (Å²) in [6, 6.07) is 0. The van der Waals surface area contributed by atoms with Crippen molar-refractivity contribution in [2.24, 2.45) is 34.8 Å². The van der Waals surface area contributed by atoms with E-state index in [4.69, 9.17) is 10.5 Å². The van der Waals surface area contributed by atoms with E-state index in [2.05, 4.69) is 41.5 Å². The zero-order valence-electron chi connectivity index (χ0n) is 14.8. The Hall–Kier alpha value is -0.570. The monoisotopic (exact) mass is 297 g/mol. The van der Waals surface area contributed by atoms with Crippen LogP contribution in [0.5, 0.6) is 0 Å². The molecule has 2 N–H and O–H groups in total. The number of ether oxygens (including phenoxy) is 1. The van der Waals surface area contributed by atoms with Gasteiger partial charge >= 0.3 is 5.97 Å². The van der Waals surface area contributed by atoms with Gasteiger partial charge in [-0.1, -0.05) is 48.0 Å². The van der Waals surface area contributed by atoms with E-state index in [0.717, 1.165) is 12.8 Å². The highest BCUT2D eigenvalue weighted by atomic mass is 16.5. The number of hydrogen-bond acceptors (Lipinski definition) is 3. The molecule has 0 aliphatic heterocycles. The molecule has 124 valence electrons. The summed E-state index contributed by atoms with van der Waals surface area (Å²) in [6.07, 6.45) is 4.29. The van der Waals surface area contributed by atoms with Gasteiger partial charge in [-0.15, -0.1) is 0 Å². The van der Waals surface area contributed by atoms with Gasteiger partial charge in [0.1, 0.15) is 6.10 Å². The van der Waals surface area contributed by atoms with Gasteiger partial charge in [-0.2, -0.15) is 0 Å². The fraction of sp³-hybridized carbons (Fsp3) is 0.944. The van der Waals surface area contributed by atoms with Crippen LogP contribution in [0.15, 0.2) is 0 Å². The van der Waals surface area contributed by atoms with E-state index in [1.165, 1.54) is 12.8 Å². The lowest BCUT2D eigenvalue weighted by Crippen LogP contribution is -2.39. The van der Waals surface area contributed by atoms with Gasteiger partial charge in [0.05, 0.1) is 5.92 Å². The molecule has 1 rings (SSSR count). The summed E-state index contributed by atoms with van der Waals surface area (Å²) < 4.78 is 5.92. The third-order valence-corrected chi connectivity index (χ3v) is 4.71. The lowest BCUT2D eigenvalue weighted by atomic mass is 9.75. The molecule has 0 heterocycles. The molecule has 1 saturated carbocycles.